The number of anilines is 1. The maximum absolute atomic E-state index is 11.8. The number of likely N-dealkylation sites (N-methyl/N-ethyl adjacent to an activating group) is 1. The predicted octanol–water partition coefficient (Wildman–Crippen LogP) is 1.40. The molecule has 1 aromatic heterocycles. The third-order valence-corrected chi connectivity index (χ3v) is 3.99. The fourth-order valence-corrected chi connectivity index (χ4v) is 2.76. The van der Waals surface area contributed by atoms with E-state index in [1.165, 1.54) is 23.9 Å². The van der Waals surface area contributed by atoms with Crippen molar-refractivity contribution in [3.63, 3.8) is 0 Å². The summed E-state index contributed by atoms with van der Waals surface area (Å²) in [6.45, 7) is 4.82. The lowest BCUT2D eigenvalue weighted by Gasteiger charge is -2.31. The van der Waals surface area contributed by atoms with E-state index in [1.54, 1.807) is 13.2 Å². The quantitative estimate of drug-likeness (QED) is 0.908. The summed E-state index contributed by atoms with van der Waals surface area (Å²) in [6.07, 6.45) is 5.36. The molecule has 0 aliphatic carbocycles. The monoisotopic (exact) mass is 284 g/mol. The SMILES string of the molecule is CCN(CC1CCCCN1)c1cnn(C)c(=O)c1Cl. The Morgan fingerprint density at radius 2 is 2.37 bits per heavy atom. The van der Waals surface area contributed by atoms with Crippen molar-refractivity contribution in [1.29, 1.82) is 0 Å². The second-order valence-corrected chi connectivity index (χ2v) is 5.34. The lowest BCUT2D eigenvalue weighted by molar-refractivity contribution is 0.400. The number of aryl methyl sites for hydroxylation is 1. The Morgan fingerprint density at radius 3 is 3.00 bits per heavy atom. The number of piperidine rings is 1. The lowest BCUT2D eigenvalue weighted by Crippen LogP contribution is -2.44. The second kappa shape index (κ2) is 6.39. The van der Waals surface area contributed by atoms with E-state index in [0.29, 0.717) is 6.04 Å². The maximum atomic E-state index is 11.8. The van der Waals surface area contributed by atoms with Crippen LogP contribution in [0.1, 0.15) is 26.2 Å². The summed E-state index contributed by atoms with van der Waals surface area (Å²) in [6, 6.07) is 0.467. The molecule has 0 radical (unpaired) electrons. The van der Waals surface area contributed by atoms with Crippen LogP contribution in [0.15, 0.2) is 11.0 Å². The van der Waals surface area contributed by atoms with Gasteiger partial charge in [0.1, 0.15) is 5.02 Å². The second-order valence-electron chi connectivity index (χ2n) is 4.96. The zero-order valence-corrected chi connectivity index (χ0v) is 12.3. The van der Waals surface area contributed by atoms with Gasteiger partial charge in [0.2, 0.25) is 0 Å². The molecule has 6 heteroatoms. The van der Waals surface area contributed by atoms with E-state index in [9.17, 15) is 4.79 Å². The van der Waals surface area contributed by atoms with Crippen molar-refractivity contribution < 1.29 is 0 Å². The molecule has 1 saturated heterocycles. The normalized spacial score (nSPS) is 19.4. The van der Waals surface area contributed by atoms with Gasteiger partial charge in [0.05, 0.1) is 11.9 Å². The number of aromatic nitrogens is 2. The van der Waals surface area contributed by atoms with Crippen LogP contribution in [0.25, 0.3) is 0 Å². The zero-order chi connectivity index (χ0) is 13.8. The Kier molecular flexibility index (Phi) is 4.82. The van der Waals surface area contributed by atoms with Crippen LogP contribution >= 0.6 is 11.6 Å². The fourth-order valence-electron chi connectivity index (χ4n) is 2.47. The highest BCUT2D eigenvalue weighted by Crippen LogP contribution is 2.21. The van der Waals surface area contributed by atoms with Gasteiger partial charge >= 0.3 is 0 Å². The molecule has 1 fully saturated rings. The Bertz CT molecular complexity index is 482. The highest BCUT2D eigenvalue weighted by Gasteiger charge is 2.19. The lowest BCUT2D eigenvalue weighted by atomic mass is 10.0. The van der Waals surface area contributed by atoms with E-state index < -0.39 is 0 Å². The molecule has 0 aromatic carbocycles. The first kappa shape index (κ1) is 14.3. The van der Waals surface area contributed by atoms with E-state index in [-0.39, 0.29) is 10.6 Å². The van der Waals surface area contributed by atoms with E-state index in [1.807, 2.05) is 0 Å². The minimum Gasteiger partial charge on any atom is -0.368 e. The van der Waals surface area contributed by atoms with Gasteiger partial charge in [-0.1, -0.05) is 18.0 Å². The fraction of sp³-hybridized carbons (Fsp3) is 0.692. The van der Waals surface area contributed by atoms with Crippen molar-refractivity contribution in [2.75, 3.05) is 24.5 Å². The molecule has 2 heterocycles. The van der Waals surface area contributed by atoms with Crippen LogP contribution in [0.2, 0.25) is 5.02 Å². The van der Waals surface area contributed by atoms with Crippen molar-refractivity contribution in [3.05, 3.63) is 21.6 Å². The van der Waals surface area contributed by atoms with Crippen molar-refractivity contribution in [1.82, 2.24) is 15.1 Å². The molecule has 1 aliphatic rings. The third kappa shape index (κ3) is 3.28. The minimum atomic E-state index is -0.241. The number of hydrogen-bond donors (Lipinski definition) is 1. The zero-order valence-electron chi connectivity index (χ0n) is 11.5. The number of nitrogens with one attached hydrogen (secondary N) is 1. The molecule has 2 rings (SSSR count). The number of hydrogen-bond acceptors (Lipinski definition) is 4. The van der Waals surface area contributed by atoms with Crippen LogP contribution in [-0.2, 0) is 7.05 Å². The Labute approximate surface area is 118 Å². The highest BCUT2D eigenvalue weighted by molar-refractivity contribution is 6.33. The molecule has 1 aliphatic heterocycles. The standard InChI is InChI=1S/C13H21ClN4O/c1-3-18(9-10-6-4-5-7-15-10)11-8-16-17(2)13(19)12(11)14/h8,10,15H,3-7,9H2,1-2H3. The molecule has 0 saturated carbocycles. The van der Waals surface area contributed by atoms with Crippen LogP contribution in [0, 0.1) is 0 Å². The minimum absolute atomic E-state index is 0.241. The van der Waals surface area contributed by atoms with Crippen LogP contribution in [-0.4, -0.2) is 35.5 Å². The molecule has 0 bridgehead atoms. The molecule has 5 nitrogen and oxygen atoms in total. The van der Waals surface area contributed by atoms with Gasteiger partial charge in [0.15, 0.2) is 0 Å². The molecular formula is C13H21ClN4O. The van der Waals surface area contributed by atoms with Crippen molar-refractivity contribution >= 4 is 17.3 Å². The number of nitrogens with zero attached hydrogens (tertiary/aromatic N) is 3. The van der Waals surface area contributed by atoms with E-state index >= 15 is 0 Å². The van der Waals surface area contributed by atoms with Gasteiger partial charge in [-0.2, -0.15) is 5.10 Å². The Hall–Kier alpha value is -1.07. The average Bonchev–Trinajstić information content (AvgIpc) is 2.44. The smallest absolute Gasteiger partial charge is 0.287 e. The first-order valence-corrected chi connectivity index (χ1v) is 7.21. The van der Waals surface area contributed by atoms with Gasteiger partial charge < -0.3 is 10.2 Å². The van der Waals surface area contributed by atoms with Crippen LogP contribution < -0.4 is 15.8 Å². The highest BCUT2D eigenvalue weighted by atomic mass is 35.5. The Morgan fingerprint density at radius 1 is 1.58 bits per heavy atom. The first-order valence-electron chi connectivity index (χ1n) is 6.83. The van der Waals surface area contributed by atoms with Crippen LogP contribution in [0.4, 0.5) is 5.69 Å². The molecule has 1 atom stereocenters. The maximum Gasteiger partial charge on any atom is 0.287 e. The summed E-state index contributed by atoms with van der Waals surface area (Å²) >= 11 is 6.15. The van der Waals surface area contributed by atoms with Crippen LogP contribution in [0.3, 0.4) is 0 Å². The predicted molar refractivity (Wildman–Crippen MR) is 78.0 cm³/mol. The molecular weight excluding hydrogens is 264 g/mol. The van der Waals surface area contributed by atoms with Gasteiger partial charge in [0, 0.05) is 26.2 Å². The van der Waals surface area contributed by atoms with Gasteiger partial charge in [-0.15, -0.1) is 0 Å². The summed E-state index contributed by atoms with van der Waals surface area (Å²) in [5, 5.41) is 7.83. The largest absolute Gasteiger partial charge is 0.368 e. The summed E-state index contributed by atoms with van der Waals surface area (Å²) in [5.74, 6) is 0. The number of rotatable bonds is 4. The Balaban J connectivity index is 2.17. The molecule has 106 valence electrons. The topological polar surface area (TPSA) is 50.2 Å². The van der Waals surface area contributed by atoms with Crippen molar-refractivity contribution in [3.8, 4) is 0 Å². The third-order valence-electron chi connectivity index (χ3n) is 3.64. The van der Waals surface area contributed by atoms with Gasteiger partial charge in [0.25, 0.3) is 5.56 Å². The number of halogens is 1. The molecule has 0 amide bonds. The molecule has 0 spiro atoms. The summed E-state index contributed by atoms with van der Waals surface area (Å²) in [7, 11) is 1.61. The van der Waals surface area contributed by atoms with Crippen molar-refractivity contribution in [2.24, 2.45) is 7.05 Å². The molecule has 1 unspecified atom stereocenters. The van der Waals surface area contributed by atoms with Gasteiger partial charge in [-0.05, 0) is 26.3 Å². The average molecular weight is 285 g/mol. The molecule has 1 N–H and O–H groups in total. The van der Waals surface area contributed by atoms with E-state index in [2.05, 4.69) is 22.2 Å². The van der Waals surface area contributed by atoms with E-state index in [0.717, 1.165) is 25.3 Å². The van der Waals surface area contributed by atoms with Gasteiger partial charge in [-0.25, -0.2) is 4.68 Å². The molecule has 1 aromatic rings. The summed E-state index contributed by atoms with van der Waals surface area (Å²) in [4.78, 5) is 14.0. The van der Waals surface area contributed by atoms with E-state index in [4.69, 9.17) is 11.6 Å². The summed E-state index contributed by atoms with van der Waals surface area (Å²) < 4.78 is 1.26. The van der Waals surface area contributed by atoms with Gasteiger partial charge in [-0.3, -0.25) is 4.79 Å². The molecule has 19 heavy (non-hydrogen) atoms. The summed E-state index contributed by atoms with van der Waals surface area (Å²) in [5.41, 5.74) is 0.494. The van der Waals surface area contributed by atoms with Crippen molar-refractivity contribution in [2.45, 2.75) is 32.2 Å². The first-order chi connectivity index (χ1) is 9.13. The van der Waals surface area contributed by atoms with Crippen LogP contribution in [0.5, 0.6) is 0 Å².